The lowest BCUT2D eigenvalue weighted by Crippen LogP contribution is -2.65. The smallest absolute Gasteiger partial charge is 0.0922 e. The highest BCUT2D eigenvalue weighted by Gasteiger charge is 2.40. The number of nitrogens with one attached hydrogen (secondary N) is 2. The number of aliphatic hydroxyl groups is 1. The van der Waals surface area contributed by atoms with Gasteiger partial charge in [-0.2, -0.15) is 0 Å². The van der Waals surface area contributed by atoms with Crippen molar-refractivity contribution < 1.29 is 9.84 Å². The normalized spacial score (nSPS) is 26.4. The maximum atomic E-state index is 10.1. The van der Waals surface area contributed by atoms with Gasteiger partial charge < -0.3 is 20.1 Å². The van der Waals surface area contributed by atoms with Crippen LogP contribution in [-0.2, 0) is 4.74 Å². The van der Waals surface area contributed by atoms with Crippen LogP contribution in [0.1, 0.15) is 24.2 Å². The zero-order chi connectivity index (χ0) is 17.0. The Morgan fingerprint density at radius 1 is 1.46 bits per heavy atom. The minimum absolute atomic E-state index is 0.0113. The highest BCUT2D eigenvalue weighted by atomic mass is 16.5. The maximum absolute atomic E-state index is 10.1. The van der Waals surface area contributed by atoms with Crippen LogP contribution in [0.3, 0.4) is 0 Å². The zero-order valence-electron chi connectivity index (χ0n) is 14.3. The van der Waals surface area contributed by atoms with E-state index in [0.29, 0.717) is 19.8 Å². The van der Waals surface area contributed by atoms with Crippen molar-refractivity contribution in [1.82, 2.24) is 20.2 Å². The van der Waals surface area contributed by atoms with Crippen LogP contribution in [0.2, 0.25) is 0 Å². The van der Waals surface area contributed by atoms with Gasteiger partial charge in [-0.1, -0.05) is 30.3 Å². The van der Waals surface area contributed by atoms with Gasteiger partial charge in [-0.3, -0.25) is 4.90 Å². The van der Waals surface area contributed by atoms with E-state index in [2.05, 4.69) is 46.3 Å². The second-order valence-corrected chi connectivity index (χ2v) is 6.59. The molecule has 1 aliphatic rings. The van der Waals surface area contributed by atoms with Crippen molar-refractivity contribution in [3.05, 3.63) is 54.1 Å². The van der Waals surface area contributed by atoms with Crippen LogP contribution < -0.4 is 5.32 Å². The number of H-pyrrole nitrogens is 1. The lowest BCUT2D eigenvalue weighted by molar-refractivity contribution is -0.106. The summed E-state index contributed by atoms with van der Waals surface area (Å²) in [5.74, 6) is 0. The van der Waals surface area contributed by atoms with Crippen molar-refractivity contribution in [2.75, 3.05) is 33.4 Å². The summed E-state index contributed by atoms with van der Waals surface area (Å²) in [6.45, 7) is 3.99. The van der Waals surface area contributed by atoms with Crippen LogP contribution in [0, 0.1) is 0 Å². The number of aromatic nitrogens is 2. The molecule has 1 aliphatic heterocycles. The van der Waals surface area contributed by atoms with Gasteiger partial charge in [0.1, 0.15) is 0 Å². The Labute approximate surface area is 142 Å². The monoisotopic (exact) mass is 330 g/mol. The highest BCUT2D eigenvalue weighted by Crippen LogP contribution is 2.25. The van der Waals surface area contributed by atoms with Crippen LogP contribution in [0.15, 0.2) is 42.9 Å². The van der Waals surface area contributed by atoms with E-state index in [-0.39, 0.29) is 18.7 Å². The van der Waals surface area contributed by atoms with Crippen molar-refractivity contribution in [3.63, 3.8) is 0 Å². The van der Waals surface area contributed by atoms with Crippen molar-refractivity contribution in [1.29, 1.82) is 0 Å². The van der Waals surface area contributed by atoms with Gasteiger partial charge in [0.2, 0.25) is 0 Å². The second kappa shape index (κ2) is 7.44. The molecule has 0 aliphatic carbocycles. The average molecular weight is 330 g/mol. The van der Waals surface area contributed by atoms with Crippen LogP contribution in [0.25, 0.3) is 0 Å². The number of ether oxygens (including phenoxy) is 1. The van der Waals surface area contributed by atoms with Gasteiger partial charge >= 0.3 is 0 Å². The van der Waals surface area contributed by atoms with Gasteiger partial charge in [-0.05, 0) is 19.5 Å². The summed E-state index contributed by atoms with van der Waals surface area (Å²) in [6.07, 6.45) is 3.52. The number of benzene rings is 1. The Bertz CT molecular complexity index is 619. The Morgan fingerprint density at radius 2 is 2.25 bits per heavy atom. The molecule has 24 heavy (non-hydrogen) atoms. The first-order valence-electron chi connectivity index (χ1n) is 8.34. The Hall–Kier alpha value is -1.73. The van der Waals surface area contributed by atoms with Crippen LogP contribution in [0.5, 0.6) is 0 Å². The molecule has 1 unspecified atom stereocenters. The number of morpholine rings is 1. The van der Waals surface area contributed by atoms with E-state index in [9.17, 15) is 5.11 Å². The summed E-state index contributed by atoms with van der Waals surface area (Å²) < 4.78 is 5.73. The summed E-state index contributed by atoms with van der Waals surface area (Å²) >= 11 is 0. The van der Waals surface area contributed by atoms with Gasteiger partial charge in [-0.15, -0.1) is 0 Å². The van der Waals surface area contributed by atoms with E-state index in [1.807, 2.05) is 24.4 Å². The molecule has 1 aromatic carbocycles. The third kappa shape index (κ3) is 3.37. The predicted octanol–water partition coefficient (Wildman–Crippen LogP) is 1.17. The minimum atomic E-state index is -0.426. The van der Waals surface area contributed by atoms with Crippen LogP contribution in [0.4, 0.5) is 0 Å². The standard InChI is InChI=1S/C18H26N4O2/c1-14-9-24-12-18(11-23,22(14)2)10-20-17(16-8-19-13-21-16)15-6-4-3-5-7-15/h3-8,13-14,17,20,23H,9-12H2,1-2H3,(H,19,21)/t14-,17?,18+/m1/s1. The van der Waals surface area contributed by atoms with Crippen LogP contribution in [-0.4, -0.2) is 65.0 Å². The van der Waals surface area contributed by atoms with E-state index in [1.165, 1.54) is 0 Å². The second-order valence-electron chi connectivity index (χ2n) is 6.59. The molecule has 6 nitrogen and oxygen atoms in total. The summed E-state index contributed by atoms with van der Waals surface area (Å²) in [5, 5.41) is 13.7. The number of hydrogen-bond acceptors (Lipinski definition) is 5. The number of rotatable bonds is 6. The summed E-state index contributed by atoms with van der Waals surface area (Å²) in [4.78, 5) is 9.56. The molecule has 1 fully saturated rings. The molecular formula is C18H26N4O2. The van der Waals surface area contributed by atoms with Crippen molar-refractivity contribution >= 4 is 0 Å². The van der Waals surface area contributed by atoms with Crippen molar-refractivity contribution in [2.45, 2.75) is 24.5 Å². The molecule has 3 N–H and O–H groups in total. The number of likely N-dealkylation sites (N-methyl/N-ethyl adjacent to an activating group) is 1. The fourth-order valence-corrected chi connectivity index (χ4v) is 3.26. The summed E-state index contributed by atoms with van der Waals surface area (Å²) in [5.41, 5.74) is 1.73. The first-order valence-corrected chi connectivity index (χ1v) is 8.34. The van der Waals surface area contributed by atoms with E-state index in [0.717, 1.165) is 11.3 Å². The lowest BCUT2D eigenvalue weighted by atomic mass is 9.94. The Balaban J connectivity index is 1.80. The molecule has 0 amide bonds. The van der Waals surface area contributed by atoms with E-state index in [4.69, 9.17) is 4.74 Å². The van der Waals surface area contributed by atoms with Crippen molar-refractivity contribution in [3.8, 4) is 0 Å². The number of aromatic amines is 1. The fourth-order valence-electron chi connectivity index (χ4n) is 3.26. The Kier molecular flexibility index (Phi) is 5.30. The predicted molar refractivity (Wildman–Crippen MR) is 92.7 cm³/mol. The molecule has 0 spiro atoms. The molecule has 0 saturated carbocycles. The third-order valence-electron chi connectivity index (χ3n) is 5.03. The third-order valence-corrected chi connectivity index (χ3v) is 5.03. The van der Waals surface area contributed by atoms with E-state index in [1.54, 1.807) is 6.33 Å². The van der Waals surface area contributed by atoms with Gasteiger partial charge in [0, 0.05) is 18.8 Å². The zero-order valence-corrected chi connectivity index (χ0v) is 14.3. The molecule has 3 rings (SSSR count). The molecule has 3 atom stereocenters. The van der Waals surface area contributed by atoms with Gasteiger partial charge in [0.05, 0.1) is 43.4 Å². The van der Waals surface area contributed by atoms with E-state index >= 15 is 0 Å². The first kappa shape index (κ1) is 17.1. The minimum Gasteiger partial charge on any atom is -0.394 e. The molecule has 130 valence electrons. The maximum Gasteiger partial charge on any atom is 0.0922 e. The highest BCUT2D eigenvalue weighted by molar-refractivity contribution is 5.26. The number of imidazole rings is 1. The summed E-state index contributed by atoms with van der Waals surface area (Å²) in [7, 11) is 2.05. The molecule has 6 heteroatoms. The number of nitrogens with zero attached hydrogens (tertiary/aromatic N) is 2. The van der Waals surface area contributed by atoms with Crippen LogP contribution >= 0.6 is 0 Å². The molecular weight excluding hydrogens is 304 g/mol. The fraction of sp³-hybridized carbons (Fsp3) is 0.500. The molecule has 0 bridgehead atoms. The lowest BCUT2D eigenvalue weighted by Gasteiger charge is -2.48. The Morgan fingerprint density at radius 3 is 2.92 bits per heavy atom. The number of hydrogen-bond donors (Lipinski definition) is 3. The first-order chi connectivity index (χ1) is 11.7. The molecule has 2 aromatic rings. The molecule has 1 aromatic heterocycles. The molecule has 2 heterocycles. The van der Waals surface area contributed by atoms with Gasteiger partial charge in [0.15, 0.2) is 0 Å². The largest absolute Gasteiger partial charge is 0.394 e. The average Bonchev–Trinajstić information content (AvgIpc) is 3.14. The van der Waals surface area contributed by atoms with Gasteiger partial charge in [-0.25, -0.2) is 4.98 Å². The quantitative estimate of drug-likeness (QED) is 0.741. The van der Waals surface area contributed by atoms with Gasteiger partial charge in [0.25, 0.3) is 0 Å². The molecule has 0 radical (unpaired) electrons. The van der Waals surface area contributed by atoms with Crippen molar-refractivity contribution in [2.24, 2.45) is 0 Å². The molecule has 1 saturated heterocycles. The SMILES string of the molecule is C[C@@H]1COC[C@@](CO)(CNC(c2ccccc2)c2cnc[nH]2)N1C. The number of aliphatic hydroxyl groups excluding tert-OH is 1. The summed E-state index contributed by atoms with van der Waals surface area (Å²) in [6, 6.07) is 10.5. The topological polar surface area (TPSA) is 73.4 Å². The van der Waals surface area contributed by atoms with E-state index < -0.39 is 5.54 Å².